The highest BCUT2D eigenvalue weighted by molar-refractivity contribution is 7.91. The maximum atomic E-state index is 12.8. The molecule has 4 nitrogen and oxygen atoms in total. The van der Waals surface area contributed by atoms with Crippen molar-refractivity contribution in [2.45, 2.75) is 44.4 Å². The summed E-state index contributed by atoms with van der Waals surface area (Å²) in [6, 6.07) is 5.35. The Balaban J connectivity index is 1.90. The third kappa shape index (κ3) is 5.09. The maximum absolute atomic E-state index is 12.8. The standard InChI is InChI=1S/C16H22FNO3S/c1-12-4-2-3-5-15(12)18-16(19)11-22(20,21)10-13-6-8-14(17)9-7-13/h6-9,12,15H,2-5,10-11H2,1H3,(H,18,19). The average Bonchev–Trinajstić information content (AvgIpc) is 2.43. The van der Waals surface area contributed by atoms with Gasteiger partial charge >= 0.3 is 0 Å². The van der Waals surface area contributed by atoms with E-state index in [0.717, 1.165) is 25.7 Å². The maximum Gasteiger partial charge on any atom is 0.235 e. The predicted octanol–water partition coefficient (Wildman–Crippen LogP) is 2.44. The molecule has 1 aliphatic carbocycles. The molecule has 1 amide bonds. The lowest BCUT2D eigenvalue weighted by atomic mass is 9.86. The van der Waals surface area contributed by atoms with E-state index in [4.69, 9.17) is 0 Å². The van der Waals surface area contributed by atoms with Crippen molar-refractivity contribution < 1.29 is 17.6 Å². The van der Waals surface area contributed by atoms with Crippen LogP contribution in [0.2, 0.25) is 0 Å². The number of hydrogen-bond donors (Lipinski definition) is 1. The molecule has 2 unspecified atom stereocenters. The molecule has 22 heavy (non-hydrogen) atoms. The number of nitrogens with one attached hydrogen (secondary N) is 1. The van der Waals surface area contributed by atoms with Crippen molar-refractivity contribution in [2.75, 3.05) is 5.75 Å². The number of hydrogen-bond acceptors (Lipinski definition) is 3. The molecule has 1 N–H and O–H groups in total. The van der Waals surface area contributed by atoms with Crippen LogP contribution in [0.25, 0.3) is 0 Å². The molecule has 0 heterocycles. The predicted molar refractivity (Wildman–Crippen MR) is 83.5 cm³/mol. The first-order chi connectivity index (χ1) is 10.4. The Morgan fingerprint density at radius 3 is 2.50 bits per heavy atom. The van der Waals surface area contributed by atoms with E-state index in [1.54, 1.807) is 0 Å². The van der Waals surface area contributed by atoms with Crippen molar-refractivity contribution in [2.24, 2.45) is 5.92 Å². The Bertz CT molecular complexity index is 613. The minimum Gasteiger partial charge on any atom is -0.352 e. The Kier molecular flexibility index (Phi) is 5.56. The molecule has 0 spiro atoms. The third-order valence-electron chi connectivity index (χ3n) is 4.11. The van der Waals surface area contributed by atoms with E-state index in [1.807, 2.05) is 0 Å². The van der Waals surface area contributed by atoms with Crippen molar-refractivity contribution in [3.63, 3.8) is 0 Å². The first-order valence-electron chi connectivity index (χ1n) is 7.60. The van der Waals surface area contributed by atoms with Gasteiger partial charge in [-0.1, -0.05) is 31.9 Å². The minimum absolute atomic E-state index is 0.0715. The summed E-state index contributed by atoms with van der Waals surface area (Å²) in [5.74, 6) is -1.24. The molecule has 2 atom stereocenters. The van der Waals surface area contributed by atoms with Crippen molar-refractivity contribution >= 4 is 15.7 Å². The topological polar surface area (TPSA) is 63.2 Å². The zero-order valence-electron chi connectivity index (χ0n) is 12.7. The smallest absolute Gasteiger partial charge is 0.235 e. The molecule has 0 radical (unpaired) electrons. The third-order valence-corrected chi connectivity index (χ3v) is 5.58. The SMILES string of the molecule is CC1CCCCC1NC(=O)CS(=O)(=O)Cc1ccc(F)cc1. The van der Waals surface area contributed by atoms with Gasteiger partial charge in [0.1, 0.15) is 11.6 Å². The van der Waals surface area contributed by atoms with Crippen LogP contribution in [0.5, 0.6) is 0 Å². The minimum atomic E-state index is -3.55. The second-order valence-corrected chi connectivity index (χ2v) is 8.16. The fraction of sp³-hybridized carbons (Fsp3) is 0.562. The van der Waals surface area contributed by atoms with E-state index < -0.39 is 27.3 Å². The van der Waals surface area contributed by atoms with E-state index in [0.29, 0.717) is 11.5 Å². The quantitative estimate of drug-likeness (QED) is 0.903. The number of carbonyl (C=O) groups excluding carboxylic acids is 1. The van der Waals surface area contributed by atoms with Crippen molar-refractivity contribution in [1.29, 1.82) is 0 Å². The fourth-order valence-electron chi connectivity index (χ4n) is 2.86. The van der Waals surface area contributed by atoms with Crippen LogP contribution in [0.1, 0.15) is 38.2 Å². The van der Waals surface area contributed by atoms with Crippen molar-refractivity contribution in [1.82, 2.24) is 5.32 Å². The Morgan fingerprint density at radius 2 is 1.86 bits per heavy atom. The van der Waals surface area contributed by atoms with Gasteiger partial charge in [-0.05, 0) is 36.5 Å². The van der Waals surface area contributed by atoms with Crippen LogP contribution >= 0.6 is 0 Å². The summed E-state index contributed by atoms with van der Waals surface area (Å²) >= 11 is 0. The van der Waals surface area contributed by atoms with Gasteiger partial charge in [0.05, 0.1) is 5.75 Å². The van der Waals surface area contributed by atoms with E-state index in [2.05, 4.69) is 12.2 Å². The van der Waals surface area contributed by atoms with E-state index in [-0.39, 0.29) is 11.8 Å². The van der Waals surface area contributed by atoms with E-state index >= 15 is 0 Å². The summed E-state index contributed by atoms with van der Waals surface area (Å²) in [6.07, 6.45) is 4.20. The highest BCUT2D eigenvalue weighted by Crippen LogP contribution is 2.23. The molecule has 1 aromatic carbocycles. The van der Waals surface area contributed by atoms with Gasteiger partial charge in [-0.25, -0.2) is 12.8 Å². The highest BCUT2D eigenvalue weighted by atomic mass is 32.2. The van der Waals surface area contributed by atoms with E-state index in [9.17, 15) is 17.6 Å². The van der Waals surface area contributed by atoms with Gasteiger partial charge in [-0.2, -0.15) is 0 Å². The molecular formula is C16H22FNO3S. The van der Waals surface area contributed by atoms with Gasteiger partial charge in [0, 0.05) is 6.04 Å². The first-order valence-corrected chi connectivity index (χ1v) is 9.42. The highest BCUT2D eigenvalue weighted by Gasteiger charge is 2.25. The number of carbonyl (C=O) groups is 1. The van der Waals surface area contributed by atoms with Gasteiger partial charge in [0.15, 0.2) is 9.84 Å². The van der Waals surface area contributed by atoms with Crippen LogP contribution in [-0.4, -0.2) is 26.1 Å². The van der Waals surface area contributed by atoms with Crippen LogP contribution in [0.4, 0.5) is 4.39 Å². The summed E-state index contributed by atoms with van der Waals surface area (Å²) in [4.78, 5) is 12.0. The van der Waals surface area contributed by atoms with Crippen LogP contribution in [0.3, 0.4) is 0 Å². The molecule has 122 valence electrons. The average molecular weight is 327 g/mol. The van der Waals surface area contributed by atoms with Gasteiger partial charge < -0.3 is 5.32 Å². The van der Waals surface area contributed by atoms with Crippen LogP contribution in [0.15, 0.2) is 24.3 Å². The molecule has 2 rings (SSSR count). The summed E-state index contributed by atoms with van der Waals surface area (Å²) in [6.45, 7) is 2.08. The number of amides is 1. The number of rotatable bonds is 5. The summed E-state index contributed by atoms with van der Waals surface area (Å²) in [7, 11) is -3.55. The number of sulfone groups is 1. The largest absolute Gasteiger partial charge is 0.352 e. The Labute approximate surface area is 131 Å². The molecule has 1 saturated carbocycles. The molecule has 1 aliphatic rings. The van der Waals surface area contributed by atoms with Gasteiger partial charge in [-0.3, -0.25) is 4.79 Å². The molecule has 0 aliphatic heterocycles. The van der Waals surface area contributed by atoms with Crippen LogP contribution in [0, 0.1) is 11.7 Å². The van der Waals surface area contributed by atoms with Crippen LogP contribution in [-0.2, 0) is 20.4 Å². The second-order valence-electron chi connectivity index (χ2n) is 6.09. The Morgan fingerprint density at radius 1 is 1.23 bits per heavy atom. The summed E-state index contributed by atoms with van der Waals surface area (Å²) in [5.41, 5.74) is 0.486. The first kappa shape index (κ1) is 16.9. The molecular weight excluding hydrogens is 305 g/mol. The lowest BCUT2D eigenvalue weighted by molar-refractivity contribution is -0.119. The number of halogens is 1. The van der Waals surface area contributed by atoms with Crippen LogP contribution < -0.4 is 5.32 Å². The second kappa shape index (κ2) is 7.22. The lowest BCUT2D eigenvalue weighted by Crippen LogP contribution is -2.43. The van der Waals surface area contributed by atoms with Crippen molar-refractivity contribution in [3.05, 3.63) is 35.6 Å². The zero-order chi connectivity index (χ0) is 16.2. The monoisotopic (exact) mass is 327 g/mol. The Hall–Kier alpha value is -1.43. The van der Waals surface area contributed by atoms with E-state index in [1.165, 1.54) is 24.3 Å². The zero-order valence-corrected chi connectivity index (χ0v) is 13.5. The normalized spacial score (nSPS) is 22.3. The molecule has 1 fully saturated rings. The molecule has 0 aromatic heterocycles. The van der Waals surface area contributed by atoms with Gasteiger partial charge in [-0.15, -0.1) is 0 Å². The molecule has 6 heteroatoms. The van der Waals surface area contributed by atoms with Gasteiger partial charge in [0.25, 0.3) is 0 Å². The molecule has 0 bridgehead atoms. The summed E-state index contributed by atoms with van der Waals surface area (Å²) in [5, 5.41) is 2.84. The fourth-order valence-corrected chi connectivity index (χ4v) is 4.15. The van der Waals surface area contributed by atoms with Gasteiger partial charge in [0.2, 0.25) is 5.91 Å². The molecule has 0 saturated heterocycles. The number of benzene rings is 1. The lowest BCUT2D eigenvalue weighted by Gasteiger charge is -2.29. The van der Waals surface area contributed by atoms with Crippen molar-refractivity contribution in [3.8, 4) is 0 Å². The molecule has 1 aromatic rings. The summed E-state index contributed by atoms with van der Waals surface area (Å²) < 4.78 is 36.9.